The summed E-state index contributed by atoms with van der Waals surface area (Å²) >= 11 is 0. The van der Waals surface area contributed by atoms with Gasteiger partial charge < -0.3 is 24.1 Å². The van der Waals surface area contributed by atoms with Crippen molar-refractivity contribution in [1.82, 2.24) is 0 Å². The molecule has 2 aliphatic heterocycles. The number of ether oxygens (including phenoxy) is 4. The fraction of sp³-hybridized carbons (Fsp3) is 0.875. The van der Waals surface area contributed by atoms with Gasteiger partial charge in [0.25, 0.3) is 5.97 Å². The predicted molar refractivity (Wildman–Crippen MR) is 144 cm³/mol. The van der Waals surface area contributed by atoms with Crippen LogP contribution < -0.4 is 0 Å². The Labute approximate surface area is 233 Å². The van der Waals surface area contributed by atoms with Crippen LogP contribution >= 0.6 is 0 Å². The normalized spacial score (nSPS) is 52.8. The van der Waals surface area contributed by atoms with E-state index in [-0.39, 0.29) is 41.5 Å². The van der Waals surface area contributed by atoms with Crippen LogP contribution in [0.25, 0.3) is 0 Å². The van der Waals surface area contributed by atoms with Gasteiger partial charge in [0.1, 0.15) is 11.7 Å². The van der Waals surface area contributed by atoms with Gasteiger partial charge >= 0.3 is 5.97 Å². The minimum Gasteiger partial charge on any atom is -0.461 e. The highest BCUT2D eigenvalue weighted by atomic mass is 16.9. The summed E-state index contributed by atoms with van der Waals surface area (Å²) in [5.41, 5.74) is -0.191. The highest BCUT2D eigenvalue weighted by molar-refractivity contribution is 5.92. The predicted octanol–water partition coefficient (Wildman–Crippen LogP) is 5.33. The van der Waals surface area contributed by atoms with Crippen molar-refractivity contribution in [2.75, 3.05) is 0 Å². The van der Waals surface area contributed by atoms with Gasteiger partial charge in [-0.15, -0.1) is 0 Å². The van der Waals surface area contributed by atoms with Gasteiger partial charge in [0.2, 0.25) is 0 Å². The third-order valence-electron chi connectivity index (χ3n) is 12.7. The quantitative estimate of drug-likeness (QED) is 0.480. The number of esters is 1. The molecule has 7 heteroatoms. The minimum absolute atomic E-state index is 0.00486. The molecule has 39 heavy (non-hydrogen) atoms. The largest absolute Gasteiger partial charge is 0.461 e. The smallest absolute Gasteiger partial charge is 0.302 e. The molecule has 0 aromatic heterocycles. The van der Waals surface area contributed by atoms with Crippen LogP contribution in [0.1, 0.15) is 100 Å². The molecule has 7 nitrogen and oxygen atoms in total. The van der Waals surface area contributed by atoms with E-state index in [0.29, 0.717) is 24.2 Å². The lowest BCUT2D eigenvalue weighted by molar-refractivity contribution is -0.385. The van der Waals surface area contributed by atoms with E-state index in [4.69, 9.17) is 18.9 Å². The van der Waals surface area contributed by atoms with Gasteiger partial charge in [0.15, 0.2) is 5.78 Å². The van der Waals surface area contributed by atoms with E-state index in [2.05, 4.69) is 41.5 Å². The number of fused-ring (bicyclic) bond motifs is 7. The summed E-state index contributed by atoms with van der Waals surface area (Å²) in [6.07, 6.45) is 6.56. The number of aliphatic hydroxyl groups is 1. The molecule has 12 unspecified atom stereocenters. The minimum atomic E-state index is -1.02. The lowest BCUT2D eigenvalue weighted by Crippen LogP contribution is -2.60. The topological polar surface area (TPSA) is 91.3 Å². The Hall–Kier alpha value is -1.28. The molecular weight excluding hydrogens is 496 g/mol. The number of hydrogen-bond acceptors (Lipinski definition) is 7. The summed E-state index contributed by atoms with van der Waals surface area (Å²) in [4.78, 5) is 24.6. The molecule has 2 heterocycles. The second-order valence-corrected chi connectivity index (χ2v) is 15.0. The number of carbonyl (C=O) groups is 2. The number of rotatable bonds is 3. The molecule has 4 aliphatic carbocycles. The van der Waals surface area contributed by atoms with E-state index >= 15 is 0 Å². The summed E-state index contributed by atoms with van der Waals surface area (Å²) in [7, 11) is 0. The molecule has 12 atom stereocenters. The van der Waals surface area contributed by atoms with E-state index in [1.165, 1.54) is 6.92 Å². The van der Waals surface area contributed by atoms with Crippen LogP contribution in [0.15, 0.2) is 11.6 Å². The molecule has 3 saturated carbocycles. The fourth-order valence-corrected chi connectivity index (χ4v) is 10.5. The van der Waals surface area contributed by atoms with Crippen LogP contribution in [0.3, 0.4) is 0 Å². The van der Waals surface area contributed by atoms with Crippen LogP contribution in [0.4, 0.5) is 0 Å². The molecule has 6 rings (SSSR count). The molecular formula is C32H48O7. The van der Waals surface area contributed by atoms with Gasteiger partial charge in [-0.05, 0) is 94.0 Å². The average Bonchev–Trinajstić information content (AvgIpc) is 3.21. The summed E-state index contributed by atoms with van der Waals surface area (Å²) in [5, 5.41) is 11.6. The Kier molecular flexibility index (Phi) is 6.16. The maximum Gasteiger partial charge on any atom is 0.302 e. The highest BCUT2D eigenvalue weighted by Gasteiger charge is 2.67. The second kappa shape index (κ2) is 8.62. The molecule has 0 aromatic carbocycles. The lowest BCUT2D eigenvalue weighted by atomic mass is 9.45. The van der Waals surface area contributed by atoms with Gasteiger partial charge in [-0.3, -0.25) is 9.59 Å². The molecule has 2 saturated heterocycles. The van der Waals surface area contributed by atoms with E-state index in [9.17, 15) is 14.7 Å². The van der Waals surface area contributed by atoms with Gasteiger partial charge in [0.05, 0.1) is 17.8 Å². The van der Waals surface area contributed by atoms with Crippen molar-refractivity contribution in [1.29, 1.82) is 0 Å². The van der Waals surface area contributed by atoms with Gasteiger partial charge in [0, 0.05) is 32.1 Å². The highest BCUT2D eigenvalue weighted by Crippen LogP contribution is 2.68. The third kappa shape index (κ3) is 3.89. The zero-order valence-electron chi connectivity index (χ0n) is 25.0. The van der Waals surface area contributed by atoms with Crippen LogP contribution in [0.5, 0.6) is 0 Å². The first-order valence-corrected chi connectivity index (χ1v) is 15.2. The summed E-state index contributed by atoms with van der Waals surface area (Å²) in [6.45, 7) is 16.7. The van der Waals surface area contributed by atoms with Crippen molar-refractivity contribution >= 4 is 11.8 Å². The first kappa shape index (κ1) is 27.9. The molecule has 1 N–H and O–H groups in total. The SMILES string of the molecule is CC(=O)OC1CC(=O)C=C2CC(O)C3C4CCC(C(C)C5CC6(C)OC(C)(O5)OC6(C)C)C4(C)CCC3C21C. The van der Waals surface area contributed by atoms with Crippen molar-refractivity contribution in [3.63, 3.8) is 0 Å². The molecule has 5 fully saturated rings. The van der Waals surface area contributed by atoms with E-state index in [1.54, 1.807) is 6.08 Å². The van der Waals surface area contributed by atoms with Crippen molar-refractivity contribution < 1.29 is 33.6 Å². The van der Waals surface area contributed by atoms with Crippen molar-refractivity contribution in [3.8, 4) is 0 Å². The molecule has 6 aliphatic rings. The molecule has 0 radical (unpaired) electrons. The summed E-state index contributed by atoms with van der Waals surface area (Å²) in [5.74, 6) is 0.108. The van der Waals surface area contributed by atoms with E-state index < -0.39 is 34.8 Å². The zero-order valence-corrected chi connectivity index (χ0v) is 25.0. The first-order chi connectivity index (χ1) is 18.0. The summed E-state index contributed by atoms with van der Waals surface area (Å²) in [6, 6.07) is 0. The number of carbonyl (C=O) groups excluding carboxylic acids is 2. The standard InChI is InChI=1S/C32H48O7/c1-17(25-16-30(6)28(3,4)38-32(8,37-25)39-30)21-9-10-22-27-23(11-12-29(21,22)5)31(7)19(14-24(27)35)13-20(34)15-26(31)36-18(2)33/h13,17,21-27,35H,9-12,14-16H2,1-8H3. The maximum atomic E-state index is 12.6. The maximum absolute atomic E-state index is 12.6. The third-order valence-corrected chi connectivity index (χ3v) is 12.7. The van der Waals surface area contributed by atoms with Crippen LogP contribution in [-0.2, 0) is 28.5 Å². The van der Waals surface area contributed by atoms with Gasteiger partial charge in [-0.25, -0.2) is 0 Å². The molecule has 2 bridgehead atoms. The van der Waals surface area contributed by atoms with Crippen LogP contribution in [0, 0.1) is 40.4 Å². The van der Waals surface area contributed by atoms with Crippen LogP contribution in [-0.4, -0.2) is 52.3 Å². The van der Waals surface area contributed by atoms with E-state index in [0.717, 1.165) is 37.7 Å². The molecule has 218 valence electrons. The number of hydrogen-bond donors (Lipinski definition) is 1. The fourth-order valence-electron chi connectivity index (χ4n) is 10.5. The number of ketones is 1. The first-order valence-electron chi connectivity index (χ1n) is 15.2. The Morgan fingerprint density at radius 2 is 1.77 bits per heavy atom. The van der Waals surface area contributed by atoms with Crippen molar-refractivity contribution in [3.05, 3.63) is 11.6 Å². The van der Waals surface area contributed by atoms with Crippen molar-refractivity contribution in [2.24, 2.45) is 40.4 Å². The zero-order chi connectivity index (χ0) is 28.3. The Bertz CT molecular complexity index is 1090. The Morgan fingerprint density at radius 3 is 2.44 bits per heavy atom. The Balaban J connectivity index is 1.28. The molecule has 0 spiro atoms. The lowest BCUT2D eigenvalue weighted by Gasteiger charge is -2.61. The van der Waals surface area contributed by atoms with Gasteiger partial charge in [-0.2, -0.15) is 0 Å². The molecule has 0 aromatic rings. The second-order valence-electron chi connectivity index (χ2n) is 15.0. The van der Waals surface area contributed by atoms with Crippen molar-refractivity contribution in [2.45, 2.75) is 136 Å². The number of aliphatic hydroxyl groups excluding tert-OH is 1. The van der Waals surface area contributed by atoms with E-state index in [1.807, 2.05) is 6.92 Å². The molecule has 0 amide bonds. The Morgan fingerprint density at radius 1 is 1.05 bits per heavy atom. The monoisotopic (exact) mass is 544 g/mol. The average molecular weight is 545 g/mol. The van der Waals surface area contributed by atoms with Gasteiger partial charge in [-0.1, -0.05) is 26.3 Å². The van der Waals surface area contributed by atoms with Crippen LogP contribution in [0.2, 0.25) is 0 Å². The summed E-state index contributed by atoms with van der Waals surface area (Å²) < 4.78 is 25.0.